The zero-order valence-corrected chi connectivity index (χ0v) is 16.6. The molecule has 0 radical (unpaired) electrons. The number of ether oxygens (including phenoxy) is 3. The predicted octanol–water partition coefficient (Wildman–Crippen LogP) is 2.66. The maximum absolute atomic E-state index is 14.7. The Labute approximate surface area is 173 Å². The normalized spacial score (nSPS) is 14.0. The summed E-state index contributed by atoms with van der Waals surface area (Å²) in [5, 5.41) is 2.76. The van der Waals surface area contributed by atoms with E-state index in [0.717, 1.165) is 5.75 Å². The summed E-state index contributed by atoms with van der Waals surface area (Å²) >= 11 is 0. The van der Waals surface area contributed by atoms with Gasteiger partial charge in [-0.05, 0) is 24.3 Å². The molecule has 2 heterocycles. The van der Waals surface area contributed by atoms with E-state index in [4.69, 9.17) is 14.2 Å². The zero-order chi connectivity index (χ0) is 20.9. The van der Waals surface area contributed by atoms with Crippen molar-refractivity contribution >= 4 is 22.8 Å². The number of imidazole rings is 1. The first kappa shape index (κ1) is 20.0. The van der Waals surface area contributed by atoms with E-state index in [0.29, 0.717) is 37.5 Å². The smallest absolute Gasteiger partial charge is 0.330 e. The molecular weight excluding hydrogens is 391 g/mol. The van der Waals surface area contributed by atoms with Gasteiger partial charge < -0.3 is 24.4 Å². The van der Waals surface area contributed by atoms with Gasteiger partial charge in [0, 0.05) is 18.8 Å². The van der Waals surface area contributed by atoms with Crippen molar-refractivity contribution in [2.75, 3.05) is 51.5 Å². The predicted molar refractivity (Wildman–Crippen MR) is 110 cm³/mol. The summed E-state index contributed by atoms with van der Waals surface area (Å²) in [7, 11) is 1.39. The van der Waals surface area contributed by atoms with E-state index < -0.39 is 11.8 Å². The number of fused-ring (bicyclic) bond motifs is 1. The van der Waals surface area contributed by atoms with Gasteiger partial charge in [-0.2, -0.15) is 4.98 Å². The summed E-state index contributed by atoms with van der Waals surface area (Å²) in [6.07, 6.45) is 0. The third kappa shape index (κ3) is 4.16. The fraction of sp³-hybridized carbons (Fsp3) is 0.333. The number of halogens is 1. The molecule has 0 bridgehead atoms. The highest BCUT2D eigenvalue weighted by molar-refractivity contribution is 5.93. The van der Waals surface area contributed by atoms with Gasteiger partial charge in [-0.3, -0.25) is 0 Å². The Morgan fingerprint density at radius 1 is 1.23 bits per heavy atom. The van der Waals surface area contributed by atoms with Crippen LogP contribution in [0, 0.1) is 5.82 Å². The first-order chi connectivity index (χ1) is 14.7. The minimum Gasteiger partial charge on any atom is -0.492 e. The Kier molecular flexibility index (Phi) is 5.99. The van der Waals surface area contributed by atoms with Crippen molar-refractivity contribution in [3.05, 3.63) is 48.3 Å². The van der Waals surface area contributed by atoms with Crippen LogP contribution in [0.2, 0.25) is 0 Å². The second-order valence-electron chi connectivity index (χ2n) is 6.72. The number of rotatable bonds is 6. The Bertz CT molecular complexity index is 1020. The van der Waals surface area contributed by atoms with Crippen molar-refractivity contribution in [1.82, 2.24) is 14.9 Å². The van der Waals surface area contributed by atoms with Crippen LogP contribution in [0.3, 0.4) is 0 Å². The van der Waals surface area contributed by atoms with Gasteiger partial charge in [-0.1, -0.05) is 18.2 Å². The number of carbonyl (C=O) groups is 1. The maximum Gasteiger partial charge on any atom is 0.330 e. The molecule has 0 spiro atoms. The Morgan fingerprint density at radius 2 is 2.00 bits per heavy atom. The molecule has 0 aliphatic carbocycles. The van der Waals surface area contributed by atoms with Crippen LogP contribution in [0.1, 0.15) is 0 Å². The monoisotopic (exact) mass is 414 g/mol. The molecule has 1 fully saturated rings. The van der Waals surface area contributed by atoms with Gasteiger partial charge in [0.05, 0.1) is 32.4 Å². The largest absolute Gasteiger partial charge is 0.492 e. The molecule has 1 aromatic heterocycles. The molecule has 9 heteroatoms. The lowest BCUT2D eigenvalue weighted by Crippen LogP contribution is -2.36. The fourth-order valence-corrected chi connectivity index (χ4v) is 3.36. The number of benzene rings is 2. The van der Waals surface area contributed by atoms with Crippen LogP contribution >= 0.6 is 0 Å². The number of anilines is 1. The van der Waals surface area contributed by atoms with Gasteiger partial charge in [0.2, 0.25) is 0 Å². The first-order valence-corrected chi connectivity index (χ1v) is 9.72. The SMILES string of the molecule is COc1nc2c(F)cc(N3CCOCC3)cc2n1C(=O)NCCOc1ccccc1. The molecule has 2 aromatic carbocycles. The Hall–Kier alpha value is -3.33. The van der Waals surface area contributed by atoms with Crippen molar-refractivity contribution < 1.29 is 23.4 Å². The van der Waals surface area contributed by atoms with Crippen LogP contribution in [0.5, 0.6) is 11.8 Å². The van der Waals surface area contributed by atoms with E-state index in [9.17, 15) is 9.18 Å². The maximum atomic E-state index is 14.7. The highest BCUT2D eigenvalue weighted by Gasteiger charge is 2.22. The number of para-hydroxylation sites is 1. The molecule has 1 saturated heterocycles. The summed E-state index contributed by atoms with van der Waals surface area (Å²) in [5.74, 6) is 0.209. The van der Waals surface area contributed by atoms with E-state index in [2.05, 4.69) is 10.3 Å². The lowest BCUT2D eigenvalue weighted by atomic mass is 10.2. The number of amides is 1. The number of morpholine rings is 1. The molecule has 0 unspecified atom stereocenters. The molecule has 1 amide bonds. The van der Waals surface area contributed by atoms with Gasteiger partial charge in [-0.15, -0.1) is 0 Å². The fourth-order valence-electron chi connectivity index (χ4n) is 3.36. The number of aromatic nitrogens is 2. The second kappa shape index (κ2) is 9.00. The number of methoxy groups -OCH3 is 1. The second-order valence-corrected chi connectivity index (χ2v) is 6.72. The van der Waals surface area contributed by atoms with Crippen LogP contribution in [-0.2, 0) is 4.74 Å². The number of carbonyl (C=O) groups excluding carboxylic acids is 1. The van der Waals surface area contributed by atoms with Gasteiger partial charge in [0.25, 0.3) is 0 Å². The van der Waals surface area contributed by atoms with Crippen LogP contribution in [-0.4, -0.2) is 62.1 Å². The van der Waals surface area contributed by atoms with Crippen LogP contribution in [0.4, 0.5) is 14.9 Å². The zero-order valence-electron chi connectivity index (χ0n) is 16.6. The van der Waals surface area contributed by atoms with E-state index >= 15 is 0 Å². The average molecular weight is 414 g/mol. The molecule has 0 atom stereocenters. The minimum absolute atomic E-state index is 0.0181. The van der Waals surface area contributed by atoms with E-state index in [1.54, 1.807) is 6.07 Å². The first-order valence-electron chi connectivity index (χ1n) is 9.72. The lowest BCUT2D eigenvalue weighted by molar-refractivity contribution is 0.122. The van der Waals surface area contributed by atoms with Gasteiger partial charge in [0.1, 0.15) is 17.9 Å². The van der Waals surface area contributed by atoms with Crippen molar-refractivity contribution in [3.63, 3.8) is 0 Å². The van der Waals surface area contributed by atoms with Crippen molar-refractivity contribution in [3.8, 4) is 11.8 Å². The quantitative estimate of drug-likeness (QED) is 0.625. The Balaban J connectivity index is 1.53. The number of nitrogens with one attached hydrogen (secondary N) is 1. The summed E-state index contributed by atoms with van der Waals surface area (Å²) in [6.45, 7) is 3.01. The van der Waals surface area contributed by atoms with Crippen LogP contribution in [0.25, 0.3) is 11.0 Å². The van der Waals surface area contributed by atoms with Crippen LogP contribution < -0.4 is 19.7 Å². The highest BCUT2D eigenvalue weighted by atomic mass is 19.1. The molecule has 30 heavy (non-hydrogen) atoms. The molecule has 1 aliphatic rings. The molecule has 8 nitrogen and oxygen atoms in total. The number of hydrogen-bond acceptors (Lipinski definition) is 6. The van der Waals surface area contributed by atoms with E-state index in [1.165, 1.54) is 17.7 Å². The van der Waals surface area contributed by atoms with Gasteiger partial charge in [0.15, 0.2) is 5.82 Å². The van der Waals surface area contributed by atoms with Gasteiger partial charge >= 0.3 is 12.0 Å². The lowest BCUT2D eigenvalue weighted by Gasteiger charge is -2.28. The number of nitrogens with zero attached hydrogens (tertiary/aromatic N) is 3. The average Bonchev–Trinajstić information content (AvgIpc) is 3.17. The molecular formula is C21H23FN4O4. The minimum atomic E-state index is -0.508. The van der Waals surface area contributed by atoms with E-state index in [-0.39, 0.29) is 24.7 Å². The number of hydrogen-bond donors (Lipinski definition) is 1. The molecule has 0 saturated carbocycles. The molecule has 1 N–H and O–H groups in total. The summed E-state index contributed by atoms with van der Waals surface area (Å²) < 4.78 is 32.2. The third-order valence-electron chi connectivity index (χ3n) is 4.82. The van der Waals surface area contributed by atoms with Crippen molar-refractivity contribution in [1.29, 1.82) is 0 Å². The molecule has 4 rings (SSSR count). The Morgan fingerprint density at radius 3 is 2.73 bits per heavy atom. The van der Waals surface area contributed by atoms with Crippen molar-refractivity contribution in [2.24, 2.45) is 0 Å². The third-order valence-corrected chi connectivity index (χ3v) is 4.82. The summed E-state index contributed by atoms with van der Waals surface area (Å²) in [5.41, 5.74) is 1.10. The summed E-state index contributed by atoms with van der Waals surface area (Å²) in [6, 6.07) is 12.0. The highest BCUT2D eigenvalue weighted by Crippen LogP contribution is 2.29. The molecule has 3 aromatic rings. The standard InChI is InChI=1S/C21H23FN4O4/c1-28-21-24-19-17(22)13-15(25-8-11-29-12-9-25)14-18(19)26(21)20(27)23-7-10-30-16-5-3-2-4-6-16/h2-6,13-14H,7-12H2,1H3,(H,23,27). The topological polar surface area (TPSA) is 77.9 Å². The van der Waals surface area contributed by atoms with Gasteiger partial charge in [-0.25, -0.2) is 13.8 Å². The van der Waals surface area contributed by atoms with E-state index in [1.807, 2.05) is 35.2 Å². The van der Waals surface area contributed by atoms with Crippen LogP contribution in [0.15, 0.2) is 42.5 Å². The molecule has 1 aliphatic heterocycles. The summed E-state index contributed by atoms with van der Waals surface area (Å²) in [4.78, 5) is 19.0. The van der Waals surface area contributed by atoms with Crippen molar-refractivity contribution in [2.45, 2.75) is 0 Å². The molecule has 158 valence electrons.